The van der Waals surface area contributed by atoms with Gasteiger partial charge in [-0.15, -0.1) is 12.4 Å². The van der Waals surface area contributed by atoms with E-state index in [1.165, 1.54) is 24.3 Å². The van der Waals surface area contributed by atoms with Gasteiger partial charge in [-0.2, -0.15) is 0 Å². The van der Waals surface area contributed by atoms with Gasteiger partial charge < -0.3 is 10.5 Å². The molecule has 0 amide bonds. The number of rotatable bonds is 7. The van der Waals surface area contributed by atoms with Crippen LogP contribution >= 0.6 is 12.4 Å². The summed E-state index contributed by atoms with van der Waals surface area (Å²) in [5, 5.41) is 0. The Bertz CT molecular complexity index is 559. The standard InChI is InChI=1S/C13H19FN2O3S.ClH/c1-10(2)16-20(17,18)13-5-3-12(4-6-13)19-9-11(7-14)8-15;/h3-7,10,16H,8-9,15H2,1-2H3;1H. The Morgan fingerprint density at radius 1 is 1.38 bits per heavy atom. The molecule has 0 heterocycles. The minimum atomic E-state index is -3.51. The molecule has 8 heteroatoms. The van der Waals surface area contributed by atoms with Gasteiger partial charge in [-0.05, 0) is 38.1 Å². The van der Waals surface area contributed by atoms with Crippen molar-refractivity contribution in [3.8, 4) is 5.75 Å². The highest BCUT2D eigenvalue weighted by Gasteiger charge is 2.14. The van der Waals surface area contributed by atoms with Crippen LogP contribution in [-0.4, -0.2) is 27.6 Å². The van der Waals surface area contributed by atoms with Crippen molar-refractivity contribution in [3.63, 3.8) is 0 Å². The van der Waals surface area contributed by atoms with Crippen LogP contribution in [-0.2, 0) is 10.0 Å². The van der Waals surface area contributed by atoms with Gasteiger partial charge in [-0.25, -0.2) is 17.5 Å². The number of halogens is 2. The largest absolute Gasteiger partial charge is 0.489 e. The molecule has 0 atom stereocenters. The summed E-state index contributed by atoms with van der Waals surface area (Å²) in [5.41, 5.74) is 5.62. The van der Waals surface area contributed by atoms with Crippen LogP contribution in [0.25, 0.3) is 0 Å². The molecule has 1 aromatic rings. The highest BCUT2D eigenvalue weighted by atomic mass is 35.5. The van der Waals surface area contributed by atoms with Gasteiger partial charge in [0, 0.05) is 18.2 Å². The first-order valence-electron chi connectivity index (χ1n) is 6.12. The molecule has 3 N–H and O–H groups in total. The first-order valence-corrected chi connectivity index (χ1v) is 7.60. The fourth-order valence-corrected chi connectivity index (χ4v) is 2.66. The zero-order valence-corrected chi connectivity index (χ0v) is 13.5. The number of hydrogen-bond acceptors (Lipinski definition) is 4. The maximum absolute atomic E-state index is 12.3. The average Bonchev–Trinajstić information content (AvgIpc) is 2.39. The zero-order valence-electron chi connectivity index (χ0n) is 11.9. The molecular weight excluding hydrogens is 319 g/mol. The van der Waals surface area contributed by atoms with Crippen molar-refractivity contribution in [3.05, 3.63) is 36.2 Å². The van der Waals surface area contributed by atoms with E-state index in [0.717, 1.165) is 0 Å². The fraction of sp³-hybridized carbons (Fsp3) is 0.385. The summed E-state index contributed by atoms with van der Waals surface area (Å²) in [6, 6.07) is 5.71. The van der Waals surface area contributed by atoms with E-state index in [1.807, 2.05) is 0 Å². The summed E-state index contributed by atoms with van der Waals surface area (Å²) in [5.74, 6) is 0.446. The quantitative estimate of drug-likeness (QED) is 0.796. The molecule has 0 saturated carbocycles. The molecule has 0 aliphatic heterocycles. The molecule has 0 spiro atoms. The van der Waals surface area contributed by atoms with E-state index in [4.69, 9.17) is 10.5 Å². The minimum Gasteiger partial charge on any atom is -0.489 e. The van der Waals surface area contributed by atoms with Crippen LogP contribution in [0.1, 0.15) is 13.8 Å². The lowest BCUT2D eigenvalue weighted by molar-refractivity contribution is 0.347. The molecule has 0 aliphatic rings. The number of benzene rings is 1. The Labute approximate surface area is 130 Å². The Morgan fingerprint density at radius 3 is 2.38 bits per heavy atom. The Balaban J connectivity index is 0.00000400. The number of nitrogens with two attached hydrogens (primary N) is 1. The Hall–Kier alpha value is -1.15. The molecular formula is C13H20ClFN2O3S. The summed E-state index contributed by atoms with van der Waals surface area (Å²) in [7, 11) is -3.51. The van der Waals surface area contributed by atoms with Crippen molar-refractivity contribution >= 4 is 22.4 Å². The maximum Gasteiger partial charge on any atom is 0.240 e. The molecule has 0 aromatic heterocycles. The van der Waals surface area contributed by atoms with Crippen LogP contribution in [0.15, 0.2) is 41.1 Å². The lowest BCUT2D eigenvalue weighted by Crippen LogP contribution is -2.30. The highest BCUT2D eigenvalue weighted by Crippen LogP contribution is 2.16. The van der Waals surface area contributed by atoms with Gasteiger partial charge in [-0.3, -0.25) is 0 Å². The van der Waals surface area contributed by atoms with Crippen molar-refractivity contribution in [1.82, 2.24) is 4.72 Å². The Morgan fingerprint density at radius 2 is 1.95 bits per heavy atom. The van der Waals surface area contributed by atoms with Crippen LogP contribution in [0, 0.1) is 0 Å². The van der Waals surface area contributed by atoms with E-state index in [9.17, 15) is 12.8 Å². The molecule has 0 fully saturated rings. The minimum absolute atomic E-state index is 0. The molecule has 1 rings (SSSR count). The van der Waals surface area contributed by atoms with E-state index < -0.39 is 10.0 Å². The fourth-order valence-electron chi connectivity index (χ4n) is 1.40. The predicted octanol–water partition coefficient (Wildman–Crippen LogP) is 1.99. The summed E-state index contributed by atoms with van der Waals surface area (Å²) in [6.07, 6.45) is 0.408. The van der Waals surface area contributed by atoms with Gasteiger partial charge in [0.2, 0.25) is 10.0 Å². The van der Waals surface area contributed by atoms with Gasteiger partial charge in [0.05, 0.1) is 11.2 Å². The van der Waals surface area contributed by atoms with Crippen molar-refractivity contribution < 1.29 is 17.5 Å². The first kappa shape index (κ1) is 19.9. The average molecular weight is 339 g/mol. The van der Waals surface area contributed by atoms with Crippen LogP contribution in [0.4, 0.5) is 4.39 Å². The highest BCUT2D eigenvalue weighted by molar-refractivity contribution is 7.89. The second-order valence-corrected chi connectivity index (χ2v) is 6.22. The summed E-state index contributed by atoms with van der Waals surface area (Å²) < 4.78 is 43.8. The van der Waals surface area contributed by atoms with Crippen LogP contribution in [0.2, 0.25) is 0 Å². The molecule has 0 bridgehead atoms. The SMILES string of the molecule is CC(C)NS(=O)(=O)c1ccc(OCC(=CF)CN)cc1.Cl. The van der Waals surface area contributed by atoms with Gasteiger partial charge >= 0.3 is 0 Å². The van der Waals surface area contributed by atoms with Gasteiger partial charge in [0.15, 0.2) is 0 Å². The van der Waals surface area contributed by atoms with Gasteiger partial charge in [0.25, 0.3) is 0 Å². The normalized spacial score (nSPS) is 12.1. The number of nitrogens with one attached hydrogen (secondary N) is 1. The first-order chi connectivity index (χ1) is 9.39. The molecule has 0 radical (unpaired) electrons. The Kier molecular flexibility index (Phi) is 8.50. The summed E-state index contributed by atoms with van der Waals surface area (Å²) >= 11 is 0. The van der Waals surface area contributed by atoms with Crippen molar-refractivity contribution in [2.45, 2.75) is 24.8 Å². The lowest BCUT2D eigenvalue weighted by atomic mass is 10.3. The number of hydrogen-bond donors (Lipinski definition) is 2. The molecule has 0 saturated heterocycles. The van der Waals surface area contributed by atoms with Crippen LogP contribution < -0.4 is 15.2 Å². The molecule has 1 aromatic carbocycles. The van der Waals surface area contributed by atoms with Crippen LogP contribution in [0.5, 0.6) is 5.75 Å². The molecule has 21 heavy (non-hydrogen) atoms. The van der Waals surface area contributed by atoms with Crippen LogP contribution in [0.3, 0.4) is 0 Å². The third-order valence-corrected chi connectivity index (χ3v) is 4.04. The molecule has 5 nitrogen and oxygen atoms in total. The van der Waals surface area contributed by atoms with Crippen molar-refractivity contribution in [2.75, 3.05) is 13.2 Å². The number of ether oxygens (including phenoxy) is 1. The van der Waals surface area contributed by atoms with E-state index in [1.54, 1.807) is 13.8 Å². The summed E-state index contributed by atoms with van der Waals surface area (Å²) in [6.45, 7) is 3.59. The second-order valence-electron chi connectivity index (χ2n) is 4.51. The third kappa shape index (κ3) is 6.43. The molecule has 0 unspecified atom stereocenters. The van der Waals surface area contributed by atoms with Crippen molar-refractivity contribution in [2.24, 2.45) is 5.73 Å². The van der Waals surface area contributed by atoms with Gasteiger partial charge in [0.1, 0.15) is 12.4 Å². The van der Waals surface area contributed by atoms with Crippen molar-refractivity contribution in [1.29, 1.82) is 0 Å². The maximum atomic E-state index is 12.3. The van der Waals surface area contributed by atoms with E-state index in [-0.39, 0.29) is 36.5 Å². The van der Waals surface area contributed by atoms with E-state index >= 15 is 0 Å². The topological polar surface area (TPSA) is 81.4 Å². The molecule has 120 valence electrons. The predicted molar refractivity (Wildman–Crippen MR) is 82.9 cm³/mol. The zero-order chi connectivity index (χ0) is 15.2. The second kappa shape index (κ2) is 8.99. The van der Waals surface area contributed by atoms with Gasteiger partial charge in [-0.1, -0.05) is 0 Å². The number of sulfonamides is 1. The third-order valence-electron chi connectivity index (χ3n) is 2.37. The lowest BCUT2D eigenvalue weighted by Gasteiger charge is -2.11. The smallest absolute Gasteiger partial charge is 0.240 e. The van der Waals surface area contributed by atoms with E-state index in [0.29, 0.717) is 17.7 Å². The van der Waals surface area contributed by atoms with E-state index in [2.05, 4.69) is 4.72 Å². The molecule has 0 aliphatic carbocycles. The monoisotopic (exact) mass is 338 g/mol. The summed E-state index contributed by atoms with van der Waals surface area (Å²) in [4.78, 5) is 0.152.